The van der Waals surface area contributed by atoms with Crippen molar-refractivity contribution in [2.45, 2.75) is 115 Å². The first-order valence-corrected chi connectivity index (χ1v) is 16.5. The number of phenols is 1. The first-order chi connectivity index (χ1) is 21.6. The van der Waals surface area contributed by atoms with Gasteiger partial charge in [-0.2, -0.15) is 0 Å². The summed E-state index contributed by atoms with van der Waals surface area (Å²) in [7, 11) is 0. The van der Waals surface area contributed by atoms with E-state index in [-0.39, 0.29) is 46.4 Å². The molecule has 7 aliphatic rings. The number of hydrogen-bond donors (Lipinski definition) is 1. The zero-order valence-electron chi connectivity index (χ0n) is 27.8. The van der Waals surface area contributed by atoms with Gasteiger partial charge in [0, 0.05) is 34.5 Å². The van der Waals surface area contributed by atoms with Crippen molar-refractivity contribution in [3.63, 3.8) is 0 Å². The number of benzene rings is 1. The molecule has 1 N–H and O–H groups in total. The molecule has 3 heterocycles. The quantitative estimate of drug-likeness (QED) is 0.265. The molecule has 0 amide bonds. The van der Waals surface area contributed by atoms with Gasteiger partial charge in [-0.15, -0.1) is 0 Å². The molecular weight excluding hydrogens is 584 g/mol. The van der Waals surface area contributed by atoms with Gasteiger partial charge in [0.15, 0.2) is 22.8 Å². The zero-order valence-corrected chi connectivity index (χ0v) is 27.8. The summed E-state index contributed by atoms with van der Waals surface area (Å²) < 4.78 is 25.9. The molecule has 1 aromatic carbocycles. The molecule has 46 heavy (non-hydrogen) atoms. The fraction of sp³-hybridized carbons (Fsp3) is 0.553. The van der Waals surface area contributed by atoms with Crippen LogP contribution in [0.25, 0.3) is 0 Å². The van der Waals surface area contributed by atoms with E-state index in [0.717, 1.165) is 24.0 Å². The molecule has 8 atom stereocenters. The SMILES string of the molecule is C=C(C)[C@@H]1CC[C@@]2(C)CC1c1c(O)c3c(c(CC=C(C)C)c1O2)O[C@]12C(=CC4CC1C(C)(C)OC2(/C=C/C(C)OC=O)C4=O)C3=O. The predicted octanol–water partition coefficient (Wildman–Crippen LogP) is 6.64. The van der Waals surface area contributed by atoms with Crippen LogP contribution in [0.2, 0.25) is 0 Å². The number of aromatic hydroxyl groups is 1. The highest BCUT2D eigenvalue weighted by atomic mass is 16.6. The van der Waals surface area contributed by atoms with E-state index in [0.29, 0.717) is 48.2 Å². The van der Waals surface area contributed by atoms with Crippen molar-refractivity contribution in [1.82, 2.24) is 0 Å². The molecule has 6 bridgehead atoms. The Morgan fingerprint density at radius 1 is 1.17 bits per heavy atom. The Labute approximate surface area is 270 Å². The number of hydrogen-bond acceptors (Lipinski definition) is 8. The lowest BCUT2D eigenvalue weighted by molar-refractivity contribution is -0.160. The number of carbonyl (C=O) groups is 3. The smallest absolute Gasteiger partial charge is 0.293 e. The van der Waals surface area contributed by atoms with Crippen LogP contribution < -0.4 is 9.47 Å². The van der Waals surface area contributed by atoms with E-state index in [1.807, 2.05) is 34.6 Å². The van der Waals surface area contributed by atoms with Gasteiger partial charge in [-0.05, 0) is 98.6 Å². The maximum atomic E-state index is 15.0. The number of fused-ring (bicyclic) bond motifs is 5. The summed E-state index contributed by atoms with van der Waals surface area (Å²) in [6, 6.07) is 0. The number of rotatable bonds is 7. The number of Topliss-reactive ketones (excluding diaryl/α,β-unsaturated/α-hetero) is 2. The van der Waals surface area contributed by atoms with Crippen molar-refractivity contribution in [3.8, 4) is 17.2 Å². The summed E-state index contributed by atoms with van der Waals surface area (Å²) in [5, 5.41) is 12.2. The van der Waals surface area contributed by atoms with Crippen LogP contribution in [0.5, 0.6) is 17.2 Å². The Kier molecular flexibility index (Phi) is 6.68. The molecule has 3 aliphatic heterocycles. The monoisotopic (exact) mass is 628 g/mol. The molecule has 244 valence electrons. The topological polar surface area (TPSA) is 108 Å². The first kappa shape index (κ1) is 31.0. The van der Waals surface area contributed by atoms with Gasteiger partial charge in [0.2, 0.25) is 0 Å². The maximum Gasteiger partial charge on any atom is 0.293 e. The normalized spacial score (nSPS) is 36.5. The first-order valence-electron chi connectivity index (χ1n) is 16.5. The molecule has 8 heteroatoms. The van der Waals surface area contributed by atoms with E-state index >= 15 is 0 Å². The van der Waals surface area contributed by atoms with Crippen LogP contribution in [0.15, 0.2) is 47.6 Å². The Morgan fingerprint density at radius 2 is 1.91 bits per heavy atom. The lowest BCUT2D eigenvalue weighted by Crippen LogP contribution is -2.71. The highest BCUT2D eigenvalue weighted by Crippen LogP contribution is 2.69. The van der Waals surface area contributed by atoms with E-state index in [1.54, 1.807) is 25.2 Å². The minimum Gasteiger partial charge on any atom is -0.507 e. The van der Waals surface area contributed by atoms with Crippen LogP contribution in [0.3, 0.4) is 0 Å². The molecule has 2 saturated carbocycles. The van der Waals surface area contributed by atoms with Crippen molar-refractivity contribution in [3.05, 3.63) is 64.3 Å². The van der Waals surface area contributed by atoms with Gasteiger partial charge in [-0.3, -0.25) is 14.4 Å². The van der Waals surface area contributed by atoms with Crippen LogP contribution in [-0.4, -0.2) is 51.7 Å². The summed E-state index contributed by atoms with van der Waals surface area (Å²) >= 11 is 0. The predicted molar refractivity (Wildman–Crippen MR) is 171 cm³/mol. The average molecular weight is 629 g/mol. The van der Waals surface area contributed by atoms with Crippen LogP contribution in [0, 0.1) is 17.8 Å². The maximum absolute atomic E-state index is 15.0. The molecule has 4 aliphatic carbocycles. The molecule has 0 aromatic heterocycles. The Morgan fingerprint density at radius 3 is 2.59 bits per heavy atom. The summed E-state index contributed by atoms with van der Waals surface area (Å²) in [6.07, 6.45) is 9.74. The largest absolute Gasteiger partial charge is 0.507 e. The summed E-state index contributed by atoms with van der Waals surface area (Å²) in [5.74, 6) is -0.685. The van der Waals surface area contributed by atoms with Crippen molar-refractivity contribution >= 4 is 18.0 Å². The number of allylic oxidation sites excluding steroid dienone is 4. The van der Waals surface area contributed by atoms with Crippen LogP contribution in [0.1, 0.15) is 102 Å². The molecule has 5 unspecified atom stereocenters. The molecular formula is C38H44O8. The van der Waals surface area contributed by atoms with Crippen molar-refractivity contribution < 1.29 is 38.4 Å². The van der Waals surface area contributed by atoms with Gasteiger partial charge in [0.25, 0.3) is 6.47 Å². The van der Waals surface area contributed by atoms with Crippen molar-refractivity contribution in [1.29, 1.82) is 0 Å². The Balaban J connectivity index is 1.52. The standard InChI is InChI=1S/C38H44O8/c1-19(2)9-10-24-32-28(25-17-36(8,44-32)13-12-23(25)20(3)4)31(41)29-30(40)26-15-22-16-27-35(6,7)46-37(34(22)42,14-11-21(5)43-18-39)38(26,27)45-33(24)29/h9,11,14-15,18,21-23,25,27,41H,3,10,12-13,16-17H2,1-2,4-8H3/b14-11+/t21?,22?,23-,25?,27?,36-,37?,38+/m0/s1. The lowest BCUT2D eigenvalue weighted by atomic mass is 9.51. The lowest BCUT2D eigenvalue weighted by Gasteiger charge is -2.56. The molecule has 1 aromatic rings. The molecule has 8 nitrogen and oxygen atoms in total. The van der Waals surface area contributed by atoms with Gasteiger partial charge >= 0.3 is 0 Å². The van der Waals surface area contributed by atoms with Crippen molar-refractivity contribution in [2.75, 3.05) is 0 Å². The second kappa shape index (κ2) is 9.93. The molecule has 8 rings (SSSR count). The molecule has 0 radical (unpaired) electrons. The second-order valence-corrected chi connectivity index (χ2v) is 15.4. The van der Waals surface area contributed by atoms with Crippen LogP contribution >= 0.6 is 0 Å². The number of ketones is 2. The second-order valence-electron chi connectivity index (χ2n) is 15.4. The third-order valence-electron chi connectivity index (χ3n) is 11.6. The molecule has 1 spiro atoms. The van der Waals surface area contributed by atoms with Crippen molar-refractivity contribution in [2.24, 2.45) is 17.8 Å². The van der Waals surface area contributed by atoms with E-state index < -0.39 is 34.4 Å². The average Bonchev–Trinajstić information content (AvgIpc) is 3.12. The van der Waals surface area contributed by atoms with Gasteiger partial charge in [-0.1, -0.05) is 29.9 Å². The number of phenolic OH excluding ortho intramolecular Hbond substituents is 1. The van der Waals surface area contributed by atoms with Crippen LogP contribution in [-0.2, 0) is 25.5 Å². The van der Waals surface area contributed by atoms with E-state index in [4.69, 9.17) is 18.9 Å². The Bertz CT molecular complexity index is 1690. The number of ether oxygens (including phenoxy) is 4. The third-order valence-corrected chi connectivity index (χ3v) is 11.6. The van der Waals surface area contributed by atoms with E-state index in [2.05, 4.69) is 19.6 Å². The summed E-state index contributed by atoms with van der Waals surface area (Å²) in [5.41, 5.74) is -0.480. The minimum absolute atomic E-state index is 0.0650. The number of carbonyl (C=O) groups excluding carboxylic acids is 3. The fourth-order valence-electron chi connectivity index (χ4n) is 9.52. The minimum atomic E-state index is -1.64. The highest BCUT2D eigenvalue weighted by Gasteiger charge is 2.81. The van der Waals surface area contributed by atoms with Gasteiger partial charge < -0.3 is 24.1 Å². The van der Waals surface area contributed by atoms with Gasteiger partial charge in [-0.25, -0.2) is 0 Å². The summed E-state index contributed by atoms with van der Waals surface area (Å²) in [4.78, 5) is 40.4. The van der Waals surface area contributed by atoms with Crippen LogP contribution in [0.4, 0.5) is 0 Å². The Hall–Kier alpha value is -3.65. The molecule has 1 saturated heterocycles. The zero-order chi connectivity index (χ0) is 33.1. The highest BCUT2D eigenvalue weighted by molar-refractivity contribution is 6.19. The van der Waals surface area contributed by atoms with Gasteiger partial charge in [0.1, 0.15) is 34.5 Å². The van der Waals surface area contributed by atoms with E-state index in [9.17, 15) is 19.5 Å². The van der Waals surface area contributed by atoms with Gasteiger partial charge in [0.05, 0.1) is 5.60 Å². The third kappa shape index (κ3) is 3.91. The fourth-order valence-corrected chi connectivity index (χ4v) is 9.52. The van der Waals surface area contributed by atoms with E-state index in [1.165, 1.54) is 0 Å². The summed E-state index contributed by atoms with van der Waals surface area (Å²) in [6.45, 7) is 18.4. The molecule has 3 fully saturated rings.